The Morgan fingerprint density at radius 2 is 1.95 bits per heavy atom. The third kappa shape index (κ3) is 4.70. The minimum atomic E-state index is -0.754. The summed E-state index contributed by atoms with van der Waals surface area (Å²) in [7, 11) is 0. The van der Waals surface area contributed by atoms with Crippen LogP contribution >= 0.6 is 11.8 Å². The second-order valence-corrected chi connectivity index (χ2v) is 4.93. The third-order valence-corrected chi connectivity index (χ3v) is 3.17. The van der Waals surface area contributed by atoms with Crippen molar-refractivity contribution in [2.75, 3.05) is 30.4 Å². The first-order valence-corrected chi connectivity index (χ1v) is 7.49. The van der Waals surface area contributed by atoms with Gasteiger partial charge < -0.3 is 10.6 Å². The molecule has 6 heteroatoms. The van der Waals surface area contributed by atoms with Gasteiger partial charge in [-0.05, 0) is 37.5 Å². The highest BCUT2D eigenvalue weighted by atomic mass is 32.2. The first-order valence-electron chi connectivity index (χ1n) is 6.10. The molecule has 106 valence electrons. The van der Waals surface area contributed by atoms with Crippen LogP contribution in [0.4, 0.5) is 14.5 Å². The van der Waals surface area contributed by atoms with Crippen molar-refractivity contribution in [2.24, 2.45) is 0 Å². The molecule has 3 nitrogen and oxygen atoms in total. The van der Waals surface area contributed by atoms with Crippen LogP contribution in [0, 0.1) is 11.6 Å². The largest absolute Gasteiger partial charge is 0.381 e. The fourth-order valence-corrected chi connectivity index (χ4v) is 2.00. The Hall–Kier alpha value is -1.30. The Balaban J connectivity index is 2.71. The number of anilines is 1. The smallest absolute Gasteiger partial charge is 0.251 e. The lowest BCUT2D eigenvalue weighted by molar-refractivity contribution is 0.0953. The standard InChI is InChI=1S/C13H18F2N2OS/c1-3-16-12-10(14)7-9(8-11(12)15)13(18)17-5-4-6-19-2/h7-8,16H,3-6H2,1-2H3,(H,17,18). The van der Waals surface area contributed by atoms with Crippen LogP contribution in [0.15, 0.2) is 12.1 Å². The summed E-state index contributed by atoms with van der Waals surface area (Å²) in [5.74, 6) is -1.03. The summed E-state index contributed by atoms with van der Waals surface area (Å²) in [5.41, 5.74) is -0.192. The molecule has 0 spiro atoms. The monoisotopic (exact) mass is 288 g/mol. The number of rotatable bonds is 7. The van der Waals surface area contributed by atoms with Gasteiger partial charge in [0.25, 0.3) is 5.91 Å². The average Bonchev–Trinajstić information content (AvgIpc) is 2.38. The molecule has 0 radical (unpaired) electrons. The van der Waals surface area contributed by atoms with Gasteiger partial charge in [-0.1, -0.05) is 0 Å². The lowest BCUT2D eigenvalue weighted by Gasteiger charge is -2.09. The van der Waals surface area contributed by atoms with Gasteiger partial charge in [-0.2, -0.15) is 11.8 Å². The van der Waals surface area contributed by atoms with E-state index in [4.69, 9.17) is 0 Å². The molecule has 0 saturated carbocycles. The predicted molar refractivity (Wildman–Crippen MR) is 75.9 cm³/mol. The Labute approximate surface area is 116 Å². The van der Waals surface area contributed by atoms with Crippen molar-refractivity contribution >= 4 is 23.4 Å². The topological polar surface area (TPSA) is 41.1 Å². The molecule has 0 aliphatic rings. The van der Waals surface area contributed by atoms with Crippen LogP contribution in [0.1, 0.15) is 23.7 Å². The maximum Gasteiger partial charge on any atom is 0.251 e. The molecule has 0 aliphatic heterocycles. The number of halogens is 2. The van der Waals surface area contributed by atoms with E-state index in [1.807, 2.05) is 6.26 Å². The van der Waals surface area contributed by atoms with Crippen molar-refractivity contribution in [1.29, 1.82) is 0 Å². The van der Waals surface area contributed by atoms with E-state index in [-0.39, 0.29) is 11.3 Å². The van der Waals surface area contributed by atoms with E-state index in [0.29, 0.717) is 13.1 Å². The quantitative estimate of drug-likeness (QED) is 0.758. The molecule has 0 saturated heterocycles. The molecule has 0 aliphatic carbocycles. The molecule has 1 amide bonds. The number of nitrogens with one attached hydrogen (secondary N) is 2. The van der Waals surface area contributed by atoms with E-state index >= 15 is 0 Å². The van der Waals surface area contributed by atoms with E-state index in [2.05, 4.69) is 10.6 Å². The van der Waals surface area contributed by atoms with E-state index in [1.54, 1.807) is 18.7 Å². The summed E-state index contributed by atoms with van der Waals surface area (Å²) >= 11 is 1.68. The minimum Gasteiger partial charge on any atom is -0.381 e. The fraction of sp³-hybridized carbons (Fsp3) is 0.462. The highest BCUT2D eigenvalue weighted by Gasteiger charge is 2.14. The maximum atomic E-state index is 13.6. The zero-order valence-corrected chi connectivity index (χ0v) is 11.9. The zero-order valence-electron chi connectivity index (χ0n) is 11.1. The van der Waals surface area contributed by atoms with Gasteiger partial charge in [-0.3, -0.25) is 4.79 Å². The fourth-order valence-electron chi connectivity index (χ4n) is 1.57. The normalized spacial score (nSPS) is 10.3. The molecule has 1 aromatic carbocycles. The number of carbonyl (C=O) groups is 1. The number of amides is 1. The number of thioether (sulfide) groups is 1. The third-order valence-electron chi connectivity index (χ3n) is 2.47. The summed E-state index contributed by atoms with van der Waals surface area (Å²) in [4.78, 5) is 11.7. The van der Waals surface area contributed by atoms with Gasteiger partial charge in [0.15, 0.2) is 0 Å². The molecule has 2 N–H and O–H groups in total. The maximum absolute atomic E-state index is 13.6. The van der Waals surface area contributed by atoms with Crippen LogP contribution in [-0.2, 0) is 0 Å². The van der Waals surface area contributed by atoms with Crippen molar-refractivity contribution in [3.63, 3.8) is 0 Å². The molecule has 1 rings (SSSR count). The van der Waals surface area contributed by atoms with Crippen molar-refractivity contribution in [1.82, 2.24) is 5.32 Å². The van der Waals surface area contributed by atoms with Crippen LogP contribution in [0.5, 0.6) is 0 Å². The Kier molecular flexibility index (Phi) is 6.62. The van der Waals surface area contributed by atoms with E-state index in [9.17, 15) is 13.6 Å². The highest BCUT2D eigenvalue weighted by molar-refractivity contribution is 7.98. The lowest BCUT2D eigenvalue weighted by Crippen LogP contribution is -2.25. The van der Waals surface area contributed by atoms with Gasteiger partial charge in [0.2, 0.25) is 0 Å². The SMILES string of the molecule is CCNc1c(F)cc(C(=O)NCCCSC)cc1F. The van der Waals surface area contributed by atoms with Crippen LogP contribution in [-0.4, -0.2) is 31.0 Å². The van der Waals surface area contributed by atoms with Crippen molar-refractivity contribution in [2.45, 2.75) is 13.3 Å². The highest BCUT2D eigenvalue weighted by Crippen LogP contribution is 2.20. The van der Waals surface area contributed by atoms with Crippen molar-refractivity contribution in [3.05, 3.63) is 29.3 Å². The van der Waals surface area contributed by atoms with Crippen molar-refractivity contribution < 1.29 is 13.6 Å². The molecule has 1 aromatic rings. The van der Waals surface area contributed by atoms with E-state index in [1.165, 1.54) is 0 Å². The first kappa shape index (κ1) is 15.8. The summed E-state index contributed by atoms with van der Waals surface area (Å²) in [6, 6.07) is 2.09. The molecular weight excluding hydrogens is 270 g/mol. The zero-order chi connectivity index (χ0) is 14.3. The summed E-state index contributed by atoms with van der Waals surface area (Å²) < 4.78 is 27.2. The van der Waals surface area contributed by atoms with Gasteiger partial charge in [0.05, 0.1) is 0 Å². The summed E-state index contributed by atoms with van der Waals surface area (Å²) in [5, 5.41) is 5.22. The number of carbonyl (C=O) groups excluding carboxylic acids is 1. The first-order chi connectivity index (χ1) is 9.10. The van der Waals surface area contributed by atoms with Crippen LogP contribution in [0.2, 0.25) is 0 Å². The molecule has 0 atom stereocenters. The second kappa shape index (κ2) is 7.99. The Morgan fingerprint density at radius 1 is 1.32 bits per heavy atom. The lowest BCUT2D eigenvalue weighted by atomic mass is 10.1. The molecule has 0 fully saturated rings. The van der Waals surface area contributed by atoms with Crippen LogP contribution in [0.25, 0.3) is 0 Å². The van der Waals surface area contributed by atoms with E-state index < -0.39 is 17.5 Å². The summed E-state index contributed by atoms with van der Waals surface area (Å²) in [6.07, 6.45) is 2.80. The average molecular weight is 288 g/mol. The Bertz CT molecular complexity index is 418. The Morgan fingerprint density at radius 3 is 2.47 bits per heavy atom. The second-order valence-electron chi connectivity index (χ2n) is 3.95. The van der Waals surface area contributed by atoms with Gasteiger partial charge in [0.1, 0.15) is 17.3 Å². The molecule has 0 bridgehead atoms. The van der Waals surface area contributed by atoms with Crippen LogP contribution in [0.3, 0.4) is 0 Å². The number of hydrogen-bond acceptors (Lipinski definition) is 3. The molecule has 0 aromatic heterocycles. The molecule has 0 unspecified atom stereocenters. The molecule has 0 heterocycles. The molecule has 19 heavy (non-hydrogen) atoms. The van der Waals surface area contributed by atoms with Gasteiger partial charge in [0, 0.05) is 18.7 Å². The van der Waals surface area contributed by atoms with Crippen molar-refractivity contribution in [3.8, 4) is 0 Å². The minimum absolute atomic E-state index is 0.000745. The van der Waals surface area contributed by atoms with Gasteiger partial charge in [-0.25, -0.2) is 8.78 Å². The number of benzene rings is 1. The van der Waals surface area contributed by atoms with Crippen LogP contribution < -0.4 is 10.6 Å². The van der Waals surface area contributed by atoms with Gasteiger partial charge in [-0.15, -0.1) is 0 Å². The summed E-state index contributed by atoms with van der Waals surface area (Å²) in [6.45, 7) is 2.65. The van der Waals surface area contributed by atoms with Gasteiger partial charge >= 0.3 is 0 Å². The number of hydrogen-bond donors (Lipinski definition) is 2. The molecular formula is C13H18F2N2OS. The van der Waals surface area contributed by atoms with E-state index in [0.717, 1.165) is 24.3 Å². The predicted octanol–water partition coefficient (Wildman–Crippen LogP) is 2.88.